The summed E-state index contributed by atoms with van der Waals surface area (Å²) in [5, 5.41) is 1.17. The first kappa shape index (κ1) is 25.9. The Labute approximate surface area is 247 Å². The quantitative estimate of drug-likeness (QED) is 0.194. The van der Waals surface area contributed by atoms with Gasteiger partial charge in [0.25, 0.3) is 0 Å². The van der Waals surface area contributed by atoms with Gasteiger partial charge in [-0.15, -0.1) is 0 Å². The van der Waals surface area contributed by atoms with E-state index in [0.29, 0.717) is 0 Å². The van der Waals surface area contributed by atoms with E-state index in [-0.39, 0.29) is 5.41 Å². The number of allylic oxidation sites excluding steroid dienone is 2. The molecule has 0 N–H and O–H groups in total. The number of furan rings is 1. The van der Waals surface area contributed by atoms with E-state index in [9.17, 15) is 0 Å². The van der Waals surface area contributed by atoms with Crippen LogP contribution < -0.4 is 4.90 Å². The number of nitrogens with zero attached hydrogens (tertiary/aromatic N) is 1. The molecule has 42 heavy (non-hydrogen) atoms. The van der Waals surface area contributed by atoms with Crippen molar-refractivity contribution in [3.05, 3.63) is 156 Å². The molecule has 0 spiro atoms. The summed E-state index contributed by atoms with van der Waals surface area (Å²) in [6, 6.07) is 41.4. The molecular formula is C40H33NO. The Hall–Kier alpha value is -5.08. The summed E-state index contributed by atoms with van der Waals surface area (Å²) in [7, 11) is 0. The Morgan fingerprint density at radius 1 is 0.690 bits per heavy atom. The Morgan fingerprint density at radius 3 is 2.02 bits per heavy atom. The summed E-state index contributed by atoms with van der Waals surface area (Å²) in [4.78, 5) is 2.35. The van der Waals surface area contributed by atoms with Gasteiger partial charge in [0, 0.05) is 39.0 Å². The molecule has 0 fully saturated rings. The van der Waals surface area contributed by atoms with E-state index in [4.69, 9.17) is 4.42 Å². The van der Waals surface area contributed by atoms with Gasteiger partial charge in [-0.2, -0.15) is 0 Å². The minimum Gasteiger partial charge on any atom is -0.456 e. The maximum atomic E-state index is 6.53. The zero-order chi connectivity index (χ0) is 28.8. The molecule has 5 aromatic carbocycles. The van der Waals surface area contributed by atoms with Gasteiger partial charge in [-0.25, -0.2) is 0 Å². The Morgan fingerprint density at radius 2 is 1.31 bits per heavy atom. The van der Waals surface area contributed by atoms with E-state index < -0.39 is 0 Å². The van der Waals surface area contributed by atoms with Gasteiger partial charge in [0.1, 0.15) is 11.3 Å². The molecule has 0 aliphatic heterocycles. The van der Waals surface area contributed by atoms with Gasteiger partial charge >= 0.3 is 0 Å². The molecule has 0 saturated heterocycles. The van der Waals surface area contributed by atoms with Crippen LogP contribution >= 0.6 is 0 Å². The fraction of sp³-hybridized carbons (Fsp3) is 0.100. The fourth-order valence-corrected chi connectivity index (χ4v) is 6.48. The number of para-hydroxylation sites is 1. The van der Waals surface area contributed by atoms with E-state index >= 15 is 0 Å². The number of fused-ring (bicyclic) bond motifs is 5. The molecule has 0 radical (unpaired) electrons. The summed E-state index contributed by atoms with van der Waals surface area (Å²) in [5.41, 5.74) is 12.8. The molecule has 0 unspecified atom stereocenters. The second kappa shape index (κ2) is 10.1. The van der Waals surface area contributed by atoms with Crippen LogP contribution in [0.3, 0.4) is 0 Å². The second-order valence-corrected chi connectivity index (χ2v) is 11.5. The third kappa shape index (κ3) is 4.11. The summed E-state index contributed by atoms with van der Waals surface area (Å²) in [6.45, 7) is 10.6. The third-order valence-corrected chi connectivity index (χ3v) is 8.62. The summed E-state index contributed by atoms with van der Waals surface area (Å²) >= 11 is 0. The number of hydrogen-bond donors (Lipinski definition) is 0. The van der Waals surface area contributed by atoms with E-state index in [1.807, 2.05) is 12.2 Å². The Balaban J connectivity index is 1.35. The third-order valence-electron chi connectivity index (χ3n) is 8.62. The topological polar surface area (TPSA) is 16.4 Å². The molecule has 1 heterocycles. The van der Waals surface area contributed by atoms with Crippen molar-refractivity contribution in [2.75, 3.05) is 4.90 Å². The zero-order valence-corrected chi connectivity index (χ0v) is 24.3. The number of rotatable bonds is 6. The van der Waals surface area contributed by atoms with Gasteiger partial charge in [-0.05, 0) is 77.2 Å². The predicted molar refractivity (Wildman–Crippen MR) is 178 cm³/mol. The lowest BCUT2D eigenvalue weighted by Crippen LogP contribution is -2.17. The maximum Gasteiger partial charge on any atom is 0.139 e. The number of aryl methyl sites for hydroxylation is 1. The molecule has 1 aliphatic rings. The first-order valence-electron chi connectivity index (χ1n) is 14.5. The second-order valence-electron chi connectivity index (χ2n) is 11.5. The van der Waals surface area contributed by atoms with E-state index in [2.05, 4.69) is 148 Å². The number of hydrogen-bond acceptors (Lipinski definition) is 2. The Bertz CT molecular complexity index is 1960. The lowest BCUT2D eigenvalue weighted by atomic mass is 9.81. The van der Waals surface area contributed by atoms with Crippen LogP contribution in [0.25, 0.3) is 39.3 Å². The molecule has 1 aromatic heterocycles. The molecule has 0 amide bonds. The molecule has 0 saturated carbocycles. The van der Waals surface area contributed by atoms with Crippen molar-refractivity contribution in [2.24, 2.45) is 0 Å². The summed E-state index contributed by atoms with van der Waals surface area (Å²) in [6.07, 6.45) is 5.72. The van der Waals surface area contributed by atoms with Crippen molar-refractivity contribution in [1.82, 2.24) is 0 Å². The smallest absolute Gasteiger partial charge is 0.139 e. The van der Waals surface area contributed by atoms with Crippen molar-refractivity contribution in [3.8, 4) is 22.3 Å². The molecular weight excluding hydrogens is 510 g/mol. The lowest BCUT2D eigenvalue weighted by molar-refractivity contribution is 0.578. The lowest BCUT2D eigenvalue weighted by Gasteiger charge is -2.28. The highest BCUT2D eigenvalue weighted by Crippen LogP contribution is 2.53. The molecule has 204 valence electrons. The van der Waals surface area contributed by atoms with Crippen LogP contribution in [0.2, 0.25) is 0 Å². The number of benzene rings is 5. The first-order valence-corrected chi connectivity index (χ1v) is 14.5. The highest BCUT2D eigenvalue weighted by molar-refractivity contribution is 5.98. The van der Waals surface area contributed by atoms with Crippen LogP contribution in [0.15, 0.2) is 138 Å². The first-order chi connectivity index (χ1) is 20.5. The highest BCUT2D eigenvalue weighted by atomic mass is 16.3. The van der Waals surface area contributed by atoms with Crippen molar-refractivity contribution >= 4 is 34.1 Å². The van der Waals surface area contributed by atoms with Gasteiger partial charge in [0.15, 0.2) is 0 Å². The van der Waals surface area contributed by atoms with Crippen LogP contribution in [-0.2, 0) is 5.41 Å². The molecule has 7 rings (SSSR count). The monoisotopic (exact) mass is 543 g/mol. The maximum absolute atomic E-state index is 6.53. The summed E-state index contributed by atoms with van der Waals surface area (Å²) < 4.78 is 6.53. The molecule has 0 atom stereocenters. The van der Waals surface area contributed by atoms with Gasteiger partial charge < -0.3 is 9.32 Å². The van der Waals surface area contributed by atoms with Crippen molar-refractivity contribution in [3.63, 3.8) is 0 Å². The minimum absolute atomic E-state index is 0.233. The van der Waals surface area contributed by atoms with Crippen LogP contribution in [0, 0.1) is 6.92 Å². The highest BCUT2D eigenvalue weighted by Gasteiger charge is 2.39. The normalized spacial score (nSPS) is 13.3. The van der Waals surface area contributed by atoms with Gasteiger partial charge in [-0.3, -0.25) is 0 Å². The Kier molecular flexibility index (Phi) is 6.21. The van der Waals surface area contributed by atoms with Gasteiger partial charge in [0.05, 0.1) is 0 Å². The van der Waals surface area contributed by atoms with Crippen molar-refractivity contribution in [2.45, 2.75) is 26.2 Å². The molecule has 2 heteroatoms. The van der Waals surface area contributed by atoms with Crippen LogP contribution in [-0.4, -0.2) is 0 Å². The molecule has 6 aromatic rings. The SMILES string of the molecule is C=C/C=C\c1oc2c3c(ccc2c1C)-c1ccc(N(c2ccccc2)c2ccc(-c4ccccc4)cc2)cc1C3(C)C. The minimum atomic E-state index is -0.233. The van der Waals surface area contributed by atoms with Crippen molar-refractivity contribution < 1.29 is 4.42 Å². The van der Waals surface area contributed by atoms with E-state index in [1.54, 1.807) is 6.08 Å². The van der Waals surface area contributed by atoms with Gasteiger partial charge in [-0.1, -0.05) is 111 Å². The van der Waals surface area contributed by atoms with Crippen LogP contribution in [0.5, 0.6) is 0 Å². The predicted octanol–water partition coefficient (Wildman–Crippen LogP) is 11.4. The van der Waals surface area contributed by atoms with Crippen LogP contribution in [0.4, 0.5) is 17.1 Å². The molecule has 0 bridgehead atoms. The summed E-state index contributed by atoms with van der Waals surface area (Å²) in [5.74, 6) is 0.889. The largest absolute Gasteiger partial charge is 0.456 e. The molecule has 2 nitrogen and oxygen atoms in total. The zero-order valence-electron chi connectivity index (χ0n) is 24.3. The van der Waals surface area contributed by atoms with Crippen molar-refractivity contribution in [1.29, 1.82) is 0 Å². The average molecular weight is 544 g/mol. The van der Waals surface area contributed by atoms with Crippen LogP contribution in [0.1, 0.15) is 36.3 Å². The van der Waals surface area contributed by atoms with Gasteiger partial charge in [0.2, 0.25) is 0 Å². The number of anilines is 3. The molecule has 1 aliphatic carbocycles. The van der Waals surface area contributed by atoms with E-state index in [0.717, 1.165) is 34.0 Å². The van der Waals surface area contributed by atoms with E-state index in [1.165, 1.54) is 38.8 Å². The standard InChI is InChI=1S/C40H33NO/c1-5-6-17-37-27(2)33-24-25-35-34-23-22-32(26-36(34)40(3,4)38(35)39(33)42-37)41(30-15-11-8-12-16-30)31-20-18-29(19-21-31)28-13-9-7-10-14-28/h5-26H,1H2,2-4H3/b17-6-. The fourth-order valence-electron chi connectivity index (χ4n) is 6.48. The average Bonchev–Trinajstić information content (AvgIpc) is 3.47.